The van der Waals surface area contributed by atoms with Crippen molar-refractivity contribution in [2.45, 2.75) is 12.6 Å². The summed E-state index contributed by atoms with van der Waals surface area (Å²) in [6.07, 6.45) is -8.10. The maximum absolute atomic E-state index is 12.5. The van der Waals surface area contributed by atoms with Crippen LogP contribution >= 0.6 is 22.6 Å². The first-order valence-electron chi connectivity index (χ1n) is 3.93. The number of alkyl halides is 5. The van der Waals surface area contributed by atoms with Crippen LogP contribution in [0.3, 0.4) is 0 Å². The standard InChI is InChI=1S/C8H3F5INO2/c9-6(10)3-1-2(14)4(8(11,12)13)5(15-3)7(16)17/h1,6H,(H,16,17). The Morgan fingerprint density at radius 3 is 2.29 bits per heavy atom. The molecule has 17 heavy (non-hydrogen) atoms. The molecular weight excluding hydrogens is 364 g/mol. The van der Waals surface area contributed by atoms with E-state index in [-0.39, 0.29) is 0 Å². The van der Waals surface area contributed by atoms with Gasteiger partial charge in [-0.2, -0.15) is 13.2 Å². The van der Waals surface area contributed by atoms with E-state index in [1.165, 1.54) is 0 Å². The van der Waals surface area contributed by atoms with Crippen LogP contribution in [0.1, 0.15) is 28.2 Å². The molecule has 0 aliphatic carbocycles. The average Bonchev–Trinajstić information content (AvgIpc) is 2.13. The lowest BCUT2D eigenvalue weighted by atomic mass is 10.1. The number of nitrogens with zero attached hydrogens (tertiary/aromatic N) is 1. The molecule has 1 rings (SSSR count). The number of pyridine rings is 1. The lowest BCUT2D eigenvalue weighted by molar-refractivity contribution is -0.139. The van der Waals surface area contributed by atoms with Crippen LogP contribution in [0.2, 0.25) is 0 Å². The summed E-state index contributed by atoms with van der Waals surface area (Å²) < 4.78 is 61.5. The highest BCUT2D eigenvalue weighted by atomic mass is 127. The average molecular weight is 367 g/mol. The fourth-order valence-corrected chi connectivity index (χ4v) is 1.95. The predicted octanol–water partition coefficient (Wildman–Crippen LogP) is 3.34. The van der Waals surface area contributed by atoms with E-state index in [9.17, 15) is 26.7 Å². The molecule has 0 aliphatic rings. The van der Waals surface area contributed by atoms with Gasteiger partial charge in [-0.1, -0.05) is 0 Å². The number of aromatic carboxylic acids is 1. The largest absolute Gasteiger partial charge is 0.476 e. The van der Waals surface area contributed by atoms with Gasteiger partial charge < -0.3 is 5.11 Å². The van der Waals surface area contributed by atoms with Crippen LogP contribution in [0.25, 0.3) is 0 Å². The van der Waals surface area contributed by atoms with Crippen LogP contribution in [0.5, 0.6) is 0 Å². The minimum absolute atomic E-state index is 0.514. The van der Waals surface area contributed by atoms with Gasteiger partial charge in [0.1, 0.15) is 11.3 Å². The molecule has 1 aromatic heterocycles. The Balaban J connectivity index is 3.56. The van der Waals surface area contributed by atoms with Crippen molar-refractivity contribution in [2.24, 2.45) is 0 Å². The van der Waals surface area contributed by atoms with Gasteiger partial charge in [0.05, 0.1) is 0 Å². The number of halogens is 6. The first kappa shape index (κ1) is 14.1. The molecule has 0 fully saturated rings. The van der Waals surface area contributed by atoms with Gasteiger partial charge in [-0.15, -0.1) is 0 Å². The third-order valence-corrected chi connectivity index (χ3v) is 2.55. The smallest absolute Gasteiger partial charge is 0.419 e. The predicted molar refractivity (Wildman–Crippen MR) is 53.9 cm³/mol. The molecule has 3 nitrogen and oxygen atoms in total. The minimum Gasteiger partial charge on any atom is -0.476 e. The molecule has 1 aromatic rings. The lowest BCUT2D eigenvalue weighted by Crippen LogP contribution is -2.18. The number of hydrogen-bond acceptors (Lipinski definition) is 2. The summed E-state index contributed by atoms with van der Waals surface area (Å²) in [5.41, 5.74) is -3.94. The molecule has 0 bridgehead atoms. The second-order valence-electron chi connectivity index (χ2n) is 2.86. The number of carboxylic acid groups (broad SMARTS) is 1. The second kappa shape index (κ2) is 4.70. The maximum Gasteiger partial charge on any atom is 0.419 e. The van der Waals surface area contributed by atoms with Crippen LogP contribution in [-0.4, -0.2) is 16.1 Å². The zero-order valence-corrected chi connectivity index (χ0v) is 9.88. The van der Waals surface area contributed by atoms with Crippen molar-refractivity contribution in [3.05, 3.63) is 26.6 Å². The third-order valence-electron chi connectivity index (χ3n) is 1.70. The monoisotopic (exact) mass is 367 g/mol. The van der Waals surface area contributed by atoms with Crippen LogP contribution < -0.4 is 0 Å². The molecule has 9 heteroatoms. The molecule has 0 amide bonds. The van der Waals surface area contributed by atoms with E-state index in [2.05, 4.69) is 4.98 Å². The topological polar surface area (TPSA) is 50.2 Å². The number of hydrogen-bond donors (Lipinski definition) is 1. The number of carbonyl (C=O) groups is 1. The first-order chi connectivity index (χ1) is 7.64. The van der Waals surface area contributed by atoms with Crippen LogP contribution in [0.4, 0.5) is 22.0 Å². The summed E-state index contributed by atoms with van der Waals surface area (Å²) in [6, 6.07) is 0.514. The van der Waals surface area contributed by atoms with Gasteiger partial charge in [0.15, 0.2) is 5.69 Å². The van der Waals surface area contributed by atoms with Gasteiger partial charge in [0, 0.05) is 3.57 Å². The Labute approximate surface area is 105 Å². The number of carboxylic acids is 1. The van der Waals surface area contributed by atoms with E-state index >= 15 is 0 Å². The first-order valence-corrected chi connectivity index (χ1v) is 5.01. The fourth-order valence-electron chi connectivity index (χ4n) is 1.07. The van der Waals surface area contributed by atoms with E-state index in [4.69, 9.17) is 5.11 Å². The normalized spacial score (nSPS) is 11.9. The van der Waals surface area contributed by atoms with E-state index in [0.717, 1.165) is 22.6 Å². The van der Waals surface area contributed by atoms with Crippen molar-refractivity contribution >= 4 is 28.6 Å². The van der Waals surface area contributed by atoms with Crippen molar-refractivity contribution in [1.29, 1.82) is 0 Å². The molecule has 1 N–H and O–H groups in total. The van der Waals surface area contributed by atoms with Crippen LogP contribution in [0, 0.1) is 3.57 Å². The minimum atomic E-state index is -4.96. The molecule has 0 atom stereocenters. The summed E-state index contributed by atoms with van der Waals surface area (Å²) in [5.74, 6) is -2.00. The van der Waals surface area contributed by atoms with Crippen molar-refractivity contribution in [3.8, 4) is 0 Å². The van der Waals surface area contributed by atoms with E-state index in [1.54, 1.807) is 0 Å². The Morgan fingerprint density at radius 2 is 1.94 bits per heavy atom. The van der Waals surface area contributed by atoms with Crippen molar-refractivity contribution in [3.63, 3.8) is 0 Å². The van der Waals surface area contributed by atoms with Crippen LogP contribution in [-0.2, 0) is 6.18 Å². The quantitative estimate of drug-likeness (QED) is 0.645. The van der Waals surface area contributed by atoms with Crippen molar-refractivity contribution in [1.82, 2.24) is 4.98 Å². The summed E-state index contributed by atoms with van der Waals surface area (Å²) in [7, 11) is 0. The van der Waals surface area contributed by atoms with Gasteiger partial charge in [-0.3, -0.25) is 0 Å². The van der Waals surface area contributed by atoms with Gasteiger partial charge in [0.25, 0.3) is 6.43 Å². The van der Waals surface area contributed by atoms with Gasteiger partial charge in [-0.05, 0) is 28.7 Å². The molecule has 0 aromatic carbocycles. The number of aromatic nitrogens is 1. The second-order valence-corrected chi connectivity index (χ2v) is 4.02. The van der Waals surface area contributed by atoms with Gasteiger partial charge in [0.2, 0.25) is 0 Å². The summed E-state index contributed by atoms with van der Waals surface area (Å²) in [4.78, 5) is 13.4. The fraction of sp³-hybridized carbons (Fsp3) is 0.250. The molecule has 0 aliphatic heterocycles. The molecule has 1 heterocycles. The highest BCUT2D eigenvalue weighted by molar-refractivity contribution is 14.1. The zero-order chi connectivity index (χ0) is 13.4. The summed E-state index contributed by atoms with van der Waals surface area (Å²) >= 11 is 1.15. The Kier molecular flexibility index (Phi) is 3.89. The Bertz CT molecular complexity index is 460. The Hall–Kier alpha value is -1.00. The molecule has 94 valence electrons. The molecule has 0 saturated carbocycles. The lowest BCUT2D eigenvalue weighted by Gasteiger charge is -2.13. The molecule has 0 unspecified atom stereocenters. The maximum atomic E-state index is 12.5. The molecular formula is C8H3F5INO2. The number of rotatable bonds is 2. The molecule has 0 spiro atoms. The highest BCUT2D eigenvalue weighted by Crippen LogP contribution is 2.36. The molecule has 0 radical (unpaired) electrons. The third kappa shape index (κ3) is 3.01. The van der Waals surface area contributed by atoms with Gasteiger partial charge in [-0.25, -0.2) is 18.6 Å². The summed E-state index contributed by atoms with van der Waals surface area (Å²) in [5, 5.41) is 8.55. The van der Waals surface area contributed by atoms with E-state index in [0.29, 0.717) is 6.07 Å². The zero-order valence-electron chi connectivity index (χ0n) is 7.73. The summed E-state index contributed by atoms with van der Waals surface area (Å²) in [6.45, 7) is 0. The van der Waals surface area contributed by atoms with Crippen LogP contribution in [0.15, 0.2) is 6.07 Å². The van der Waals surface area contributed by atoms with Crippen molar-refractivity contribution < 1.29 is 31.9 Å². The SMILES string of the molecule is O=C(O)c1nc(C(F)F)cc(I)c1C(F)(F)F. The molecule has 0 saturated heterocycles. The van der Waals surface area contributed by atoms with Gasteiger partial charge >= 0.3 is 12.1 Å². The Morgan fingerprint density at radius 1 is 1.41 bits per heavy atom. The van der Waals surface area contributed by atoms with Crippen molar-refractivity contribution in [2.75, 3.05) is 0 Å². The highest BCUT2D eigenvalue weighted by Gasteiger charge is 2.39. The van der Waals surface area contributed by atoms with E-state index < -0.39 is 39.1 Å². The van der Waals surface area contributed by atoms with E-state index in [1.807, 2.05) is 0 Å².